The third-order valence-corrected chi connectivity index (χ3v) is 3.54. The van der Waals surface area contributed by atoms with Crippen LogP contribution in [0.5, 0.6) is 0 Å². The second-order valence-electron chi connectivity index (χ2n) is 5.34. The Bertz CT molecular complexity index is 963. The van der Waals surface area contributed by atoms with Gasteiger partial charge in [-0.15, -0.1) is 0 Å². The summed E-state index contributed by atoms with van der Waals surface area (Å²) in [5, 5.41) is 2.68. The Balaban J connectivity index is 2.09. The molecule has 3 rings (SSSR count). The fourth-order valence-corrected chi connectivity index (χ4v) is 2.48. The minimum absolute atomic E-state index is 0.195. The summed E-state index contributed by atoms with van der Waals surface area (Å²) >= 11 is 0. The van der Waals surface area contributed by atoms with E-state index in [4.69, 9.17) is 0 Å². The molecule has 4 nitrogen and oxygen atoms in total. The zero-order valence-electron chi connectivity index (χ0n) is 13.0. The van der Waals surface area contributed by atoms with Crippen molar-refractivity contribution in [2.45, 2.75) is 6.92 Å². The lowest BCUT2D eigenvalue weighted by Crippen LogP contribution is -2.17. The minimum Gasteiger partial charge on any atom is -0.326 e. The normalized spacial score (nSPS) is 10.4. The molecule has 0 aliphatic carbocycles. The summed E-state index contributed by atoms with van der Waals surface area (Å²) in [5.41, 5.74) is 1.95. The SMILES string of the molecule is CC(=O)Nc1cccc(-n2cc(-c3ccccc3F)ccc2=O)c1. The predicted molar refractivity (Wildman–Crippen MR) is 91.7 cm³/mol. The van der Waals surface area contributed by atoms with Crippen molar-refractivity contribution in [1.29, 1.82) is 0 Å². The minimum atomic E-state index is -0.352. The Kier molecular flexibility index (Phi) is 4.24. The number of halogens is 1. The van der Waals surface area contributed by atoms with Crippen LogP contribution in [0, 0.1) is 5.82 Å². The molecule has 2 aromatic carbocycles. The molecule has 120 valence electrons. The standard InChI is InChI=1S/C19H15FN2O2/c1-13(23)21-15-5-4-6-16(11-15)22-12-14(9-10-19(22)24)17-7-2-3-8-18(17)20/h2-12H,1H3,(H,21,23). The molecule has 0 saturated heterocycles. The van der Waals surface area contributed by atoms with Gasteiger partial charge in [-0.05, 0) is 30.3 Å². The van der Waals surface area contributed by atoms with Crippen LogP contribution in [-0.2, 0) is 4.79 Å². The number of hydrogen-bond donors (Lipinski definition) is 1. The number of anilines is 1. The first-order valence-corrected chi connectivity index (χ1v) is 7.40. The molecule has 24 heavy (non-hydrogen) atoms. The fourth-order valence-electron chi connectivity index (χ4n) is 2.48. The number of aromatic nitrogens is 1. The number of amides is 1. The van der Waals surface area contributed by atoms with E-state index in [2.05, 4.69) is 5.32 Å². The number of benzene rings is 2. The number of carbonyl (C=O) groups is 1. The maximum atomic E-state index is 14.0. The number of carbonyl (C=O) groups excluding carboxylic acids is 1. The molecule has 5 heteroatoms. The van der Waals surface area contributed by atoms with Gasteiger partial charge in [0.2, 0.25) is 5.91 Å². The zero-order valence-corrected chi connectivity index (χ0v) is 13.0. The molecule has 0 unspecified atom stereocenters. The maximum absolute atomic E-state index is 14.0. The highest BCUT2D eigenvalue weighted by Crippen LogP contribution is 2.22. The lowest BCUT2D eigenvalue weighted by Gasteiger charge is -2.11. The maximum Gasteiger partial charge on any atom is 0.255 e. The molecule has 0 aliphatic heterocycles. The average Bonchev–Trinajstić information content (AvgIpc) is 2.56. The number of rotatable bonds is 3. The van der Waals surface area contributed by atoms with E-state index < -0.39 is 0 Å². The number of nitrogens with one attached hydrogen (secondary N) is 1. The number of pyridine rings is 1. The lowest BCUT2D eigenvalue weighted by atomic mass is 10.1. The van der Waals surface area contributed by atoms with Crippen LogP contribution in [-0.4, -0.2) is 10.5 Å². The molecular formula is C19H15FN2O2. The van der Waals surface area contributed by atoms with E-state index in [1.165, 1.54) is 23.6 Å². The van der Waals surface area contributed by atoms with Gasteiger partial charge in [0, 0.05) is 36.0 Å². The van der Waals surface area contributed by atoms with E-state index in [0.29, 0.717) is 22.5 Å². The Morgan fingerprint density at radius 2 is 1.83 bits per heavy atom. The highest BCUT2D eigenvalue weighted by atomic mass is 19.1. The molecule has 0 fully saturated rings. The summed E-state index contributed by atoms with van der Waals surface area (Å²) in [5.74, 6) is -0.547. The van der Waals surface area contributed by atoms with Crippen molar-refractivity contribution >= 4 is 11.6 Å². The molecule has 1 aromatic heterocycles. The summed E-state index contributed by atoms with van der Waals surface area (Å²) in [7, 11) is 0. The van der Waals surface area contributed by atoms with E-state index in [9.17, 15) is 14.0 Å². The van der Waals surface area contributed by atoms with Crippen LogP contribution in [0.15, 0.2) is 71.7 Å². The molecule has 3 aromatic rings. The Morgan fingerprint density at radius 1 is 1.04 bits per heavy atom. The number of hydrogen-bond acceptors (Lipinski definition) is 2. The first-order chi connectivity index (χ1) is 11.5. The average molecular weight is 322 g/mol. The van der Waals surface area contributed by atoms with Gasteiger partial charge in [-0.25, -0.2) is 4.39 Å². The highest BCUT2D eigenvalue weighted by molar-refractivity contribution is 5.88. The topological polar surface area (TPSA) is 51.1 Å². The van der Waals surface area contributed by atoms with Gasteiger partial charge in [-0.3, -0.25) is 14.2 Å². The molecule has 0 saturated carbocycles. The van der Waals surface area contributed by atoms with E-state index in [1.807, 2.05) is 0 Å². The van der Waals surface area contributed by atoms with Gasteiger partial charge in [-0.1, -0.05) is 24.3 Å². The molecule has 1 heterocycles. The quantitative estimate of drug-likeness (QED) is 0.801. The van der Waals surface area contributed by atoms with Gasteiger partial charge in [0.05, 0.1) is 5.69 Å². The molecular weight excluding hydrogens is 307 g/mol. The van der Waals surface area contributed by atoms with Crippen molar-refractivity contribution < 1.29 is 9.18 Å². The number of nitrogens with zero attached hydrogens (tertiary/aromatic N) is 1. The van der Waals surface area contributed by atoms with Crippen LogP contribution in [0.1, 0.15) is 6.92 Å². The van der Waals surface area contributed by atoms with Crippen LogP contribution < -0.4 is 10.9 Å². The third-order valence-electron chi connectivity index (χ3n) is 3.54. The van der Waals surface area contributed by atoms with Crippen molar-refractivity contribution in [2.24, 2.45) is 0 Å². The smallest absolute Gasteiger partial charge is 0.255 e. The highest BCUT2D eigenvalue weighted by Gasteiger charge is 2.08. The van der Waals surface area contributed by atoms with E-state index in [0.717, 1.165) is 0 Å². The summed E-state index contributed by atoms with van der Waals surface area (Å²) in [6.07, 6.45) is 1.59. The van der Waals surface area contributed by atoms with Crippen LogP contribution in [0.3, 0.4) is 0 Å². The summed E-state index contributed by atoms with van der Waals surface area (Å²) in [6.45, 7) is 1.41. The summed E-state index contributed by atoms with van der Waals surface area (Å²) in [4.78, 5) is 23.4. The molecule has 0 radical (unpaired) electrons. The van der Waals surface area contributed by atoms with Crippen LogP contribution in [0.2, 0.25) is 0 Å². The molecule has 0 spiro atoms. The first kappa shape index (κ1) is 15.7. The molecule has 1 N–H and O–H groups in total. The van der Waals surface area contributed by atoms with Crippen molar-refractivity contribution in [3.05, 3.63) is 83.0 Å². The van der Waals surface area contributed by atoms with Crippen molar-refractivity contribution in [3.63, 3.8) is 0 Å². The molecule has 1 amide bonds. The van der Waals surface area contributed by atoms with E-state index in [-0.39, 0.29) is 17.3 Å². The van der Waals surface area contributed by atoms with Crippen molar-refractivity contribution in [2.75, 3.05) is 5.32 Å². The fraction of sp³-hybridized carbons (Fsp3) is 0.0526. The van der Waals surface area contributed by atoms with Gasteiger partial charge in [-0.2, -0.15) is 0 Å². The van der Waals surface area contributed by atoms with Gasteiger partial charge < -0.3 is 5.32 Å². The van der Waals surface area contributed by atoms with Crippen molar-refractivity contribution in [3.8, 4) is 16.8 Å². The second-order valence-corrected chi connectivity index (χ2v) is 5.34. The van der Waals surface area contributed by atoms with Gasteiger partial charge >= 0.3 is 0 Å². The van der Waals surface area contributed by atoms with E-state index >= 15 is 0 Å². The van der Waals surface area contributed by atoms with Crippen LogP contribution >= 0.6 is 0 Å². The Morgan fingerprint density at radius 3 is 2.58 bits per heavy atom. The van der Waals surface area contributed by atoms with E-state index in [1.54, 1.807) is 54.7 Å². The van der Waals surface area contributed by atoms with Gasteiger partial charge in [0.1, 0.15) is 5.82 Å². The molecule has 0 atom stereocenters. The monoisotopic (exact) mass is 322 g/mol. The summed E-state index contributed by atoms with van der Waals surface area (Å²) in [6, 6.07) is 16.3. The van der Waals surface area contributed by atoms with Crippen LogP contribution in [0.4, 0.5) is 10.1 Å². The molecule has 0 aliphatic rings. The third kappa shape index (κ3) is 3.25. The largest absolute Gasteiger partial charge is 0.326 e. The summed E-state index contributed by atoms with van der Waals surface area (Å²) < 4.78 is 15.4. The van der Waals surface area contributed by atoms with Gasteiger partial charge in [0.25, 0.3) is 5.56 Å². The Hall–Kier alpha value is -3.21. The van der Waals surface area contributed by atoms with Crippen LogP contribution in [0.25, 0.3) is 16.8 Å². The van der Waals surface area contributed by atoms with Crippen molar-refractivity contribution in [1.82, 2.24) is 4.57 Å². The lowest BCUT2D eigenvalue weighted by molar-refractivity contribution is -0.114. The Labute approximate surface area is 138 Å². The zero-order chi connectivity index (χ0) is 17.1. The van der Waals surface area contributed by atoms with Gasteiger partial charge in [0.15, 0.2) is 0 Å². The second kappa shape index (κ2) is 6.50. The predicted octanol–water partition coefficient (Wildman–Crippen LogP) is 3.60. The molecule has 0 bridgehead atoms. The first-order valence-electron chi connectivity index (χ1n) is 7.40.